The highest BCUT2D eigenvalue weighted by atomic mass is 32.1. The number of nitrogens with zero attached hydrogens (tertiary/aromatic N) is 3. The molecule has 142 valence electrons. The topological polar surface area (TPSA) is 38.8 Å². The summed E-state index contributed by atoms with van der Waals surface area (Å²) in [7, 11) is 2.12. The van der Waals surface area contributed by atoms with Gasteiger partial charge in [-0.25, -0.2) is 9.82 Å². The summed E-state index contributed by atoms with van der Waals surface area (Å²) in [6.45, 7) is 1.97. The van der Waals surface area contributed by atoms with E-state index in [9.17, 15) is 9.18 Å². The summed E-state index contributed by atoms with van der Waals surface area (Å²) in [5.74, 6) is -0.207. The molecule has 1 unspecified atom stereocenters. The molecule has 1 aromatic heterocycles. The van der Waals surface area contributed by atoms with Crippen LogP contribution in [-0.2, 0) is 0 Å². The Labute approximate surface area is 162 Å². The Morgan fingerprint density at radius 2 is 1.96 bits per heavy atom. The van der Waals surface area contributed by atoms with Crippen molar-refractivity contribution in [2.75, 3.05) is 25.1 Å². The maximum atomic E-state index is 13.2. The number of nitrogens with one attached hydrogen (secondary N) is 1. The van der Waals surface area contributed by atoms with Crippen molar-refractivity contribution < 1.29 is 9.18 Å². The van der Waals surface area contributed by atoms with Crippen LogP contribution in [0.25, 0.3) is 0 Å². The van der Waals surface area contributed by atoms with Crippen LogP contribution in [0.1, 0.15) is 22.5 Å². The first-order valence-corrected chi connectivity index (χ1v) is 10.0. The number of rotatable bonds is 4. The van der Waals surface area contributed by atoms with Crippen molar-refractivity contribution >= 4 is 22.9 Å². The second-order valence-corrected chi connectivity index (χ2v) is 7.93. The van der Waals surface area contributed by atoms with Gasteiger partial charge in [0, 0.05) is 12.2 Å². The molecule has 5 nitrogen and oxygen atoms in total. The van der Waals surface area contributed by atoms with Crippen LogP contribution in [0.3, 0.4) is 0 Å². The molecule has 2 aromatic rings. The molecule has 3 heterocycles. The van der Waals surface area contributed by atoms with Crippen molar-refractivity contribution in [2.45, 2.75) is 25.0 Å². The number of hydrogen-bond donors (Lipinski definition) is 1. The number of carbonyl (C=O) groups is 1. The van der Waals surface area contributed by atoms with Gasteiger partial charge in [-0.05, 0) is 74.8 Å². The highest BCUT2D eigenvalue weighted by molar-refractivity contribution is 7.12. The third-order valence-electron chi connectivity index (χ3n) is 5.14. The lowest BCUT2D eigenvalue weighted by Crippen LogP contribution is -2.56. The van der Waals surface area contributed by atoms with Gasteiger partial charge in [0.25, 0.3) is 5.91 Å². The van der Waals surface area contributed by atoms with Gasteiger partial charge in [-0.2, -0.15) is 0 Å². The average molecular weight is 386 g/mol. The fourth-order valence-corrected chi connectivity index (χ4v) is 4.30. The normalized spacial score (nSPS) is 21.0. The molecule has 1 atom stereocenters. The number of hydrogen-bond acceptors (Lipinski definition) is 5. The summed E-state index contributed by atoms with van der Waals surface area (Å²) < 4.78 is 13.2. The van der Waals surface area contributed by atoms with Crippen LogP contribution in [0.2, 0.25) is 0 Å². The molecule has 4 rings (SSSR count). The lowest BCUT2D eigenvalue weighted by atomic mass is 10.0. The summed E-state index contributed by atoms with van der Waals surface area (Å²) in [6.07, 6.45) is 5.58. The summed E-state index contributed by atoms with van der Waals surface area (Å²) in [4.78, 5) is 18.3. The largest absolute Gasteiger partial charge is 0.314 e. The first-order chi connectivity index (χ1) is 13.1. The Balaban J connectivity index is 1.55. The summed E-state index contributed by atoms with van der Waals surface area (Å²) in [5.41, 5.74) is 4.21. The molecule has 0 saturated carbocycles. The van der Waals surface area contributed by atoms with Gasteiger partial charge in [0.05, 0.1) is 10.6 Å². The Morgan fingerprint density at radius 3 is 2.63 bits per heavy atom. The minimum absolute atomic E-state index is 0.0580. The predicted molar refractivity (Wildman–Crippen MR) is 106 cm³/mol. The molecule has 0 spiro atoms. The second-order valence-electron chi connectivity index (χ2n) is 6.99. The Morgan fingerprint density at radius 1 is 1.22 bits per heavy atom. The van der Waals surface area contributed by atoms with Gasteiger partial charge in [0.15, 0.2) is 0 Å². The number of anilines is 1. The number of thiophene rings is 1. The molecule has 0 bridgehead atoms. The van der Waals surface area contributed by atoms with Crippen molar-refractivity contribution in [1.29, 1.82) is 0 Å². The minimum atomic E-state index is -0.265. The van der Waals surface area contributed by atoms with E-state index in [1.165, 1.54) is 23.5 Å². The van der Waals surface area contributed by atoms with Crippen LogP contribution in [-0.4, -0.2) is 48.1 Å². The molecule has 1 aromatic carbocycles. The van der Waals surface area contributed by atoms with Gasteiger partial charge in [0.2, 0.25) is 0 Å². The number of halogens is 1. The van der Waals surface area contributed by atoms with Gasteiger partial charge < -0.3 is 9.80 Å². The number of benzene rings is 1. The lowest BCUT2D eigenvalue weighted by molar-refractivity contribution is 0.0492. The van der Waals surface area contributed by atoms with Gasteiger partial charge in [0.1, 0.15) is 12.0 Å². The van der Waals surface area contributed by atoms with E-state index in [-0.39, 0.29) is 23.9 Å². The molecule has 1 N–H and O–H groups in total. The summed E-state index contributed by atoms with van der Waals surface area (Å²) in [5, 5.41) is 3.77. The number of carbonyl (C=O) groups excluding carboxylic acids is 1. The summed E-state index contributed by atoms with van der Waals surface area (Å²) in [6, 6.07) is 10.3. The van der Waals surface area contributed by atoms with E-state index in [2.05, 4.69) is 17.4 Å². The molecule has 2 aliphatic rings. The monoisotopic (exact) mass is 386 g/mol. The molecule has 2 aliphatic heterocycles. The van der Waals surface area contributed by atoms with Crippen molar-refractivity contribution in [1.82, 2.24) is 15.2 Å². The molecule has 0 aliphatic carbocycles. The highest BCUT2D eigenvalue weighted by Gasteiger charge is 2.35. The Hall–Kier alpha value is -2.22. The Kier molecular flexibility index (Phi) is 5.24. The van der Waals surface area contributed by atoms with Crippen LogP contribution in [0.15, 0.2) is 54.1 Å². The van der Waals surface area contributed by atoms with Gasteiger partial charge in [-0.15, -0.1) is 11.3 Å². The van der Waals surface area contributed by atoms with Gasteiger partial charge in [-0.3, -0.25) is 9.80 Å². The van der Waals surface area contributed by atoms with Gasteiger partial charge in [-0.1, -0.05) is 6.07 Å². The average Bonchev–Trinajstić information content (AvgIpc) is 3.36. The van der Waals surface area contributed by atoms with E-state index in [0.29, 0.717) is 0 Å². The molecular formula is C20H23FN4OS. The number of amides is 1. The number of likely N-dealkylation sites (tertiary alicyclic amines) is 1. The highest BCUT2D eigenvalue weighted by Crippen LogP contribution is 2.26. The molecule has 1 amide bonds. The van der Waals surface area contributed by atoms with Crippen LogP contribution < -0.4 is 10.4 Å². The smallest absolute Gasteiger partial charge is 0.265 e. The van der Waals surface area contributed by atoms with E-state index in [1.54, 1.807) is 12.1 Å². The van der Waals surface area contributed by atoms with Crippen LogP contribution in [0, 0.1) is 5.82 Å². The molecule has 0 radical (unpaired) electrons. The molecule has 1 saturated heterocycles. The maximum Gasteiger partial charge on any atom is 0.265 e. The zero-order valence-corrected chi connectivity index (χ0v) is 16.0. The van der Waals surface area contributed by atoms with E-state index < -0.39 is 0 Å². The number of piperidine rings is 1. The second kappa shape index (κ2) is 7.80. The first kappa shape index (κ1) is 18.2. The zero-order chi connectivity index (χ0) is 18.8. The standard InChI is InChI=1S/C20H23FN4OS/c1-23-11-8-17(9-12-23)25(20(26)18-3-2-14-27-18)19-10-13-24(22-19)16-6-4-15(21)5-7-16/h2-7,10,13-14,17,19,22H,8-9,11-12H2,1H3. The fourth-order valence-electron chi connectivity index (χ4n) is 3.63. The quantitative estimate of drug-likeness (QED) is 0.875. The van der Waals surface area contributed by atoms with Crippen molar-refractivity contribution in [3.05, 3.63) is 64.7 Å². The van der Waals surface area contributed by atoms with Crippen molar-refractivity contribution in [2.24, 2.45) is 0 Å². The van der Waals surface area contributed by atoms with Gasteiger partial charge >= 0.3 is 0 Å². The zero-order valence-electron chi connectivity index (χ0n) is 15.2. The van der Waals surface area contributed by atoms with E-state index in [4.69, 9.17) is 0 Å². The van der Waals surface area contributed by atoms with E-state index >= 15 is 0 Å². The minimum Gasteiger partial charge on any atom is -0.314 e. The molecule has 27 heavy (non-hydrogen) atoms. The molecule has 7 heteroatoms. The molecular weight excluding hydrogens is 363 g/mol. The summed E-state index contributed by atoms with van der Waals surface area (Å²) >= 11 is 1.47. The lowest BCUT2D eigenvalue weighted by Gasteiger charge is -2.40. The fraction of sp³-hybridized carbons (Fsp3) is 0.350. The predicted octanol–water partition coefficient (Wildman–Crippen LogP) is 3.29. The van der Waals surface area contributed by atoms with E-state index in [0.717, 1.165) is 36.5 Å². The van der Waals surface area contributed by atoms with Crippen LogP contribution >= 0.6 is 11.3 Å². The Bertz CT molecular complexity index is 800. The van der Waals surface area contributed by atoms with Crippen LogP contribution in [0.4, 0.5) is 10.1 Å². The third kappa shape index (κ3) is 3.90. The number of hydrazine groups is 1. The molecule has 1 fully saturated rings. The SMILES string of the molecule is CN1CCC(N(C(=O)c2cccs2)C2C=CN(c3ccc(F)cc3)N2)CC1. The first-order valence-electron chi connectivity index (χ1n) is 9.16. The van der Waals surface area contributed by atoms with Crippen molar-refractivity contribution in [3.63, 3.8) is 0 Å². The van der Waals surface area contributed by atoms with Crippen LogP contribution in [0.5, 0.6) is 0 Å². The third-order valence-corrected chi connectivity index (χ3v) is 6.00. The van der Waals surface area contributed by atoms with E-state index in [1.807, 2.05) is 39.7 Å². The maximum absolute atomic E-state index is 13.2. The van der Waals surface area contributed by atoms with Crippen molar-refractivity contribution in [3.8, 4) is 0 Å².